The van der Waals surface area contributed by atoms with Crippen LogP contribution in [-0.4, -0.2) is 27.7 Å². The molecule has 1 saturated heterocycles. The van der Waals surface area contributed by atoms with E-state index in [2.05, 4.69) is 4.72 Å². The number of ether oxygens (including phenoxy) is 1. The van der Waals surface area contributed by atoms with E-state index in [9.17, 15) is 8.42 Å². The molecule has 1 aliphatic rings. The average molecular weight is 290 g/mol. The van der Waals surface area contributed by atoms with Gasteiger partial charge < -0.3 is 4.74 Å². The molecule has 0 spiro atoms. The Kier molecular flexibility index (Phi) is 4.27. The lowest BCUT2D eigenvalue weighted by Gasteiger charge is -2.12. The summed E-state index contributed by atoms with van der Waals surface area (Å²) in [6.07, 6.45) is 1.85. The molecule has 0 radical (unpaired) electrons. The first-order chi connectivity index (χ1) is 8.49. The van der Waals surface area contributed by atoms with Crippen molar-refractivity contribution in [2.24, 2.45) is 0 Å². The van der Waals surface area contributed by atoms with Crippen LogP contribution in [0.15, 0.2) is 23.1 Å². The van der Waals surface area contributed by atoms with Gasteiger partial charge in [0.2, 0.25) is 10.0 Å². The van der Waals surface area contributed by atoms with Gasteiger partial charge in [-0.3, -0.25) is 0 Å². The third-order valence-corrected chi connectivity index (χ3v) is 4.81. The standard InChI is InChI=1S/C12H16ClNO3S/c1-9-4-5-12(11(13)7-9)18(15,16)14-8-10-3-2-6-17-10/h4-5,7,10,14H,2-3,6,8H2,1H3/t10-/m1/s1. The van der Waals surface area contributed by atoms with Gasteiger partial charge in [-0.15, -0.1) is 0 Å². The van der Waals surface area contributed by atoms with Gasteiger partial charge in [0.15, 0.2) is 0 Å². The minimum atomic E-state index is -3.56. The Morgan fingerprint density at radius 1 is 1.50 bits per heavy atom. The summed E-state index contributed by atoms with van der Waals surface area (Å²) in [6.45, 7) is 2.87. The first-order valence-corrected chi connectivity index (χ1v) is 7.72. The first-order valence-electron chi connectivity index (χ1n) is 5.86. The fourth-order valence-corrected chi connectivity index (χ4v) is 3.57. The number of hydrogen-bond acceptors (Lipinski definition) is 3. The van der Waals surface area contributed by atoms with Gasteiger partial charge in [0.25, 0.3) is 0 Å². The number of hydrogen-bond donors (Lipinski definition) is 1. The van der Waals surface area contributed by atoms with E-state index < -0.39 is 10.0 Å². The zero-order valence-corrected chi connectivity index (χ0v) is 11.7. The largest absolute Gasteiger partial charge is 0.377 e. The summed E-state index contributed by atoms with van der Waals surface area (Å²) in [5.41, 5.74) is 0.929. The summed E-state index contributed by atoms with van der Waals surface area (Å²) in [6, 6.07) is 4.89. The molecule has 18 heavy (non-hydrogen) atoms. The van der Waals surface area contributed by atoms with Crippen LogP contribution in [0, 0.1) is 6.92 Å². The minimum Gasteiger partial charge on any atom is -0.377 e. The average Bonchev–Trinajstić information content (AvgIpc) is 2.78. The lowest BCUT2D eigenvalue weighted by molar-refractivity contribution is 0.114. The molecule has 1 aromatic rings. The van der Waals surface area contributed by atoms with Gasteiger partial charge in [0.05, 0.1) is 11.1 Å². The number of halogens is 1. The van der Waals surface area contributed by atoms with E-state index in [0.29, 0.717) is 13.2 Å². The third-order valence-electron chi connectivity index (χ3n) is 2.90. The summed E-state index contributed by atoms with van der Waals surface area (Å²) in [5.74, 6) is 0. The SMILES string of the molecule is Cc1ccc(S(=O)(=O)NC[C@H]2CCCO2)c(Cl)c1. The maximum Gasteiger partial charge on any atom is 0.242 e. The molecule has 0 amide bonds. The molecule has 1 aromatic carbocycles. The highest BCUT2D eigenvalue weighted by molar-refractivity contribution is 7.89. The van der Waals surface area contributed by atoms with E-state index in [1.807, 2.05) is 6.92 Å². The zero-order chi connectivity index (χ0) is 13.2. The van der Waals surface area contributed by atoms with E-state index in [0.717, 1.165) is 18.4 Å². The summed E-state index contributed by atoms with van der Waals surface area (Å²) in [7, 11) is -3.56. The predicted molar refractivity (Wildman–Crippen MR) is 70.4 cm³/mol. The van der Waals surface area contributed by atoms with Crippen LogP contribution in [0.2, 0.25) is 5.02 Å². The van der Waals surface area contributed by atoms with Crippen LogP contribution < -0.4 is 4.72 Å². The van der Waals surface area contributed by atoms with Crippen LogP contribution in [0.3, 0.4) is 0 Å². The fraction of sp³-hybridized carbons (Fsp3) is 0.500. The normalized spacial score (nSPS) is 20.2. The summed E-state index contributed by atoms with van der Waals surface area (Å²) in [5, 5.41) is 0.245. The second-order valence-corrected chi connectivity index (χ2v) is 6.56. The highest BCUT2D eigenvalue weighted by Crippen LogP contribution is 2.22. The van der Waals surface area contributed by atoms with E-state index in [1.165, 1.54) is 6.07 Å². The Morgan fingerprint density at radius 3 is 2.89 bits per heavy atom. The Morgan fingerprint density at radius 2 is 2.28 bits per heavy atom. The molecule has 2 rings (SSSR count). The van der Waals surface area contributed by atoms with Crippen molar-refractivity contribution >= 4 is 21.6 Å². The predicted octanol–water partition coefficient (Wildman–Crippen LogP) is 2.11. The molecule has 1 heterocycles. The molecule has 0 unspecified atom stereocenters. The second-order valence-electron chi connectivity index (χ2n) is 4.42. The Labute approximate surface area is 112 Å². The van der Waals surface area contributed by atoms with Crippen molar-refractivity contribution in [1.29, 1.82) is 0 Å². The topological polar surface area (TPSA) is 55.4 Å². The van der Waals surface area contributed by atoms with Crippen LogP contribution in [0.25, 0.3) is 0 Å². The van der Waals surface area contributed by atoms with Crippen molar-refractivity contribution < 1.29 is 13.2 Å². The molecule has 6 heteroatoms. The van der Waals surface area contributed by atoms with E-state index in [4.69, 9.17) is 16.3 Å². The van der Waals surface area contributed by atoms with Crippen LogP contribution in [0.5, 0.6) is 0 Å². The number of benzene rings is 1. The molecule has 1 aliphatic heterocycles. The second kappa shape index (κ2) is 5.57. The van der Waals surface area contributed by atoms with Gasteiger partial charge >= 0.3 is 0 Å². The summed E-state index contributed by atoms with van der Waals surface area (Å²) < 4.78 is 32.1. The summed E-state index contributed by atoms with van der Waals surface area (Å²) >= 11 is 5.96. The molecule has 0 aromatic heterocycles. The van der Waals surface area contributed by atoms with Crippen molar-refractivity contribution in [3.05, 3.63) is 28.8 Å². The van der Waals surface area contributed by atoms with Crippen molar-refractivity contribution in [3.8, 4) is 0 Å². The lowest BCUT2D eigenvalue weighted by Crippen LogP contribution is -2.32. The minimum absolute atomic E-state index is 0.0241. The van der Waals surface area contributed by atoms with Crippen molar-refractivity contribution in [2.75, 3.05) is 13.2 Å². The maximum absolute atomic E-state index is 12.1. The van der Waals surface area contributed by atoms with Gasteiger partial charge in [0, 0.05) is 13.2 Å². The third kappa shape index (κ3) is 3.23. The fourth-order valence-electron chi connectivity index (χ4n) is 1.91. The van der Waals surface area contributed by atoms with Gasteiger partial charge in [-0.25, -0.2) is 13.1 Å². The molecule has 0 aliphatic carbocycles. The molecule has 0 saturated carbocycles. The Balaban J connectivity index is 2.09. The van der Waals surface area contributed by atoms with E-state index in [-0.39, 0.29) is 16.0 Å². The molecule has 1 atom stereocenters. The highest BCUT2D eigenvalue weighted by Gasteiger charge is 2.21. The smallest absolute Gasteiger partial charge is 0.242 e. The summed E-state index contributed by atoms with van der Waals surface area (Å²) in [4.78, 5) is 0.118. The maximum atomic E-state index is 12.1. The molecule has 0 bridgehead atoms. The highest BCUT2D eigenvalue weighted by atomic mass is 35.5. The molecule has 100 valence electrons. The number of sulfonamides is 1. The van der Waals surface area contributed by atoms with E-state index in [1.54, 1.807) is 12.1 Å². The van der Waals surface area contributed by atoms with Gasteiger partial charge in [-0.1, -0.05) is 17.7 Å². The molecule has 1 fully saturated rings. The van der Waals surface area contributed by atoms with Crippen LogP contribution in [-0.2, 0) is 14.8 Å². The van der Waals surface area contributed by atoms with Crippen molar-refractivity contribution in [2.45, 2.75) is 30.8 Å². The Hall–Kier alpha value is -0.620. The van der Waals surface area contributed by atoms with Crippen LogP contribution in [0.4, 0.5) is 0 Å². The molecular formula is C12H16ClNO3S. The molecular weight excluding hydrogens is 274 g/mol. The monoisotopic (exact) mass is 289 g/mol. The van der Waals surface area contributed by atoms with Crippen molar-refractivity contribution in [3.63, 3.8) is 0 Å². The quantitative estimate of drug-likeness (QED) is 0.923. The Bertz CT molecular complexity index is 524. The number of rotatable bonds is 4. The van der Waals surface area contributed by atoms with E-state index >= 15 is 0 Å². The van der Waals surface area contributed by atoms with Gasteiger partial charge in [0.1, 0.15) is 4.90 Å². The lowest BCUT2D eigenvalue weighted by atomic mass is 10.2. The van der Waals surface area contributed by atoms with Gasteiger partial charge in [-0.2, -0.15) is 0 Å². The number of nitrogens with one attached hydrogen (secondary N) is 1. The molecule has 4 nitrogen and oxygen atoms in total. The van der Waals surface area contributed by atoms with Gasteiger partial charge in [-0.05, 0) is 37.5 Å². The zero-order valence-electron chi connectivity index (χ0n) is 10.1. The number of aryl methyl sites for hydroxylation is 1. The van der Waals surface area contributed by atoms with Crippen LogP contribution in [0.1, 0.15) is 18.4 Å². The van der Waals surface area contributed by atoms with Crippen LogP contribution >= 0.6 is 11.6 Å². The first kappa shape index (κ1) is 13.8. The molecule has 1 N–H and O–H groups in total. The van der Waals surface area contributed by atoms with Crippen molar-refractivity contribution in [1.82, 2.24) is 4.72 Å².